The first kappa shape index (κ1) is 12.6. The van der Waals surface area contributed by atoms with Crippen molar-refractivity contribution in [3.8, 4) is 0 Å². The van der Waals surface area contributed by atoms with E-state index in [-0.39, 0.29) is 6.16 Å². The highest BCUT2D eigenvalue weighted by Gasteiger charge is 2.24. The molecule has 0 aromatic carbocycles. The van der Waals surface area contributed by atoms with E-state index in [4.69, 9.17) is 9.05 Å². The SMILES string of the molecule is CCNc1nnc(CP(=O)(OC)OC)s1. The lowest BCUT2D eigenvalue weighted by Crippen LogP contribution is -1.94. The van der Waals surface area contributed by atoms with Gasteiger partial charge >= 0.3 is 7.60 Å². The van der Waals surface area contributed by atoms with Crippen LogP contribution in [0.1, 0.15) is 11.9 Å². The Balaban J connectivity index is 2.67. The number of nitrogens with zero attached hydrogens (tertiary/aromatic N) is 2. The maximum atomic E-state index is 11.8. The second-order valence-electron chi connectivity index (χ2n) is 2.67. The van der Waals surface area contributed by atoms with Crippen LogP contribution in [0.5, 0.6) is 0 Å². The Morgan fingerprint density at radius 3 is 2.60 bits per heavy atom. The summed E-state index contributed by atoms with van der Waals surface area (Å²) in [6, 6.07) is 0. The first-order chi connectivity index (χ1) is 7.13. The van der Waals surface area contributed by atoms with E-state index in [0.29, 0.717) is 10.1 Å². The van der Waals surface area contributed by atoms with Gasteiger partial charge in [0.1, 0.15) is 11.2 Å². The number of nitrogens with one attached hydrogen (secondary N) is 1. The Kier molecular flexibility index (Phi) is 4.66. The molecule has 1 aromatic heterocycles. The van der Waals surface area contributed by atoms with Gasteiger partial charge < -0.3 is 14.4 Å². The summed E-state index contributed by atoms with van der Waals surface area (Å²) in [5.41, 5.74) is 0. The Morgan fingerprint density at radius 1 is 1.40 bits per heavy atom. The molecular weight excluding hydrogens is 237 g/mol. The lowest BCUT2D eigenvalue weighted by atomic mass is 10.8. The van der Waals surface area contributed by atoms with Crippen LogP contribution in [0.3, 0.4) is 0 Å². The summed E-state index contributed by atoms with van der Waals surface area (Å²) in [5, 5.41) is 12.1. The summed E-state index contributed by atoms with van der Waals surface area (Å²) in [6.45, 7) is 2.75. The number of rotatable bonds is 6. The van der Waals surface area contributed by atoms with Crippen molar-refractivity contribution in [3.63, 3.8) is 0 Å². The van der Waals surface area contributed by atoms with Crippen LogP contribution >= 0.6 is 18.9 Å². The highest BCUT2D eigenvalue weighted by Crippen LogP contribution is 2.50. The molecule has 0 radical (unpaired) electrons. The van der Waals surface area contributed by atoms with Crippen LogP contribution in [-0.4, -0.2) is 31.0 Å². The van der Waals surface area contributed by atoms with Crippen molar-refractivity contribution in [2.45, 2.75) is 13.1 Å². The zero-order valence-electron chi connectivity index (χ0n) is 8.89. The van der Waals surface area contributed by atoms with Crippen LogP contribution in [0, 0.1) is 0 Å². The average Bonchev–Trinajstić information content (AvgIpc) is 2.66. The molecule has 0 aliphatic rings. The average molecular weight is 251 g/mol. The maximum Gasteiger partial charge on any atom is 0.337 e. The molecule has 8 heteroatoms. The fourth-order valence-corrected chi connectivity index (χ4v) is 3.05. The Bertz CT molecular complexity index is 349. The van der Waals surface area contributed by atoms with Crippen molar-refractivity contribution in [1.29, 1.82) is 0 Å². The molecule has 0 fully saturated rings. The van der Waals surface area contributed by atoms with Crippen molar-refractivity contribution in [1.82, 2.24) is 10.2 Å². The van der Waals surface area contributed by atoms with Gasteiger partial charge in [-0.2, -0.15) is 0 Å². The molecule has 1 heterocycles. The molecule has 0 saturated heterocycles. The Morgan fingerprint density at radius 2 is 2.07 bits per heavy atom. The number of anilines is 1. The third-order valence-electron chi connectivity index (χ3n) is 1.68. The molecule has 0 aliphatic heterocycles. The fourth-order valence-electron chi connectivity index (χ4n) is 0.909. The fraction of sp³-hybridized carbons (Fsp3) is 0.714. The lowest BCUT2D eigenvalue weighted by molar-refractivity contribution is 0.274. The molecule has 86 valence electrons. The van der Waals surface area contributed by atoms with Crippen LogP contribution in [0.2, 0.25) is 0 Å². The van der Waals surface area contributed by atoms with Crippen LogP contribution in [0.4, 0.5) is 5.13 Å². The minimum Gasteiger partial charge on any atom is -0.360 e. The van der Waals surface area contributed by atoms with Crippen molar-refractivity contribution in [2.24, 2.45) is 0 Å². The van der Waals surface area contributed by atoms with Gasteiger partial charge in [-0.1, -0.05) is 11.3 Å². The minimum absolute atomic E-state index is 0.156. The van der Waals surface area contributed by atoms with Gasteiger partial charge in [-0.3, -0.25) is 4.57 Å². The second kappa shape index (κ2) is 5.55. The predicted octanol–water partition coefficient (Wildman–Crippen LogP) is 1.96. The van der Waals surface area contributed by atoms with Crippen LogP contribution in [0.25, 0.3) is 0 Å². The molecule has 0 amide bonds. The molecule has 0 saturated carbocycles. The largest absolute Gasteiger partial charge is 0.360 e. The van der Waals surface area contributed by atoms with Gasteiger partial charge in [0.25, 0.3) is 0 Å². The molecule has 6 nitrogen and oxygen atoms in total. The van der Waals surface area contributed by atoms with E-state index in [1.165, 1.54) is 25.6 Å². The summed E-state index contributed by atoms with van der Waals surface area (Å²) >= 11 is 1.35. The third kappa shape index (κ3) is 3.53. The summed E-state index contributed by atoms with van der Waals surface area (Å²) in [7, 11) is -0.313. The molecule has 1 rings (SSSR count). The molecule has 0 spiro atoms. The zero-order valence-corrected chi connectivity index (χ0v) is 10.6. The van der Waals surface area contributed by atoms with E-state index in [9.17, 15) is 4.57 Å². The highest BCUT2D eigenvalue weighted by atomic mass is 32.1. The van der Waals surface area contributed by atoms with Gasteiger partial charge in [-0.15, -0.1) is 10.2 Å². The molecule has 0 unspecified atom stereocenters. The van der Waals surface area contributed by atoms with Crippen LogP contribution in [0.15, 0.2) is 0 Å². The Hall–Kier alpha value is -0.490. The quantitative estimate of drug-likeness (QED) is 0.779. The zero-order chi connectivity index (χ0) is 11.3. The standard InChI is InChI=1S/C7H14N3O3PS/c1-4-8-7-10-9-6(15-7)5-14(11,12-2)13-3/h4-5H2,1-3H3,(H,8,10). The predicted molar refractivity (Wildman–Crippen MR) is 59.4 cm³/mol. The van der Waals surface area contributed by atoms with E-state index in [0.717, 1.165) is 6.54 Å². The van der Waals surface area contributed by atoms with Crippen LogP contribution < -0.4 is 5.32 Å². The minimum atomic E-state index is -3.03. The van der Waals surface area contributed by atoms with Gasteiger partial charge in [0.05, 0.1) is 0 Å². The van der Waals surface area contributed by atoms with Crippen molar-refractivity contribution in [2.75, 3.05) is 26.1 Å². The molecule has 0 aliphatic carbocycles. The summed E-state index contributed by atoms with van der Waals surface area (Å²) in [6.07, 6.45) is 0.156. The number of hydrogen-bond acceptors (Lipinski definition) is 7. The molecule has 0 atom stereocenters. The van der Waals surface area contributed by atoms with E-state index >= 15 is 0 Å². The third-order valence-corrected chi connectivity index (χ3v) is 4.57. The van der Waals surface area contributed by atoms with E-state index in [1.54, 1.807) is 0 Å². The van der Waals surface area contributed by atoms with E-state index in [1.807, 2.05) is 6.92 Å². The second-order valence-corrected chi connectivity index (χ2v) is 6.00. The number of hydrogen-bond donors (Lipinski definition) is 1. The highest BCUT2D eigenvalue weighted by molar-refractivity contribution is 7.53. The monoisotopic (exact) mass is 251 g/mol. The van der Waals surface area contributed by atoms with E-state index < -0.39 is 7.60 Å². The van der Waals surface area contributed by atoms with Crippen molar-refractivity contribution in [3.05, 3.63) is 5.01 Å². The maximum absolute atomic E-state index is 11.8. The van der Waals surface area contributed by atoms with Gasteiger partial charge in [-0.05, 0) is 6.92 Å². The van der Waals surface area contributed by atoms with Gasteiger partial charge in [0, 0.05) is 20.8 Å². The van der Waals surface area contributed by atoms with Gasteiger partial charge in [0.15, 0.2) is 0 Å². The van der Waals surface area contributed by atoms with Crippen LogP contribution in [-0.2, 0) is 19.8 Å². The summed E-state index contributed by atoms with van der Waals surface area (Å²) < 4.78 is 21.4. The molecule has 1 aromatic rings. The van der Waals surface area contributed by atoms with Gasteiger partial charge in [-0.25, -0.2) is 0 Å². The van der Waals surface area contributed by atoms with Crippen molar-refractivity contribution >= 4 is 24.1 Å². The summed E-state index contributed by atoms with van der Waals surface area (Å²) in [4.78, 5) is 0. The molecule has 1 N–H and O–H groups in total. The molecule has 15 heavy (non-hydrogen) atoms. The first-order valence-corrected chi connectivity index (χ1v) is 6.94. The smallest absolute Gasteiger partial charge is 0.337 e. The summed E-state index contributed by atoms with van der Waals surface area (Å²) in [5.74, 6) is 0. The molecular formula is C7H14N3O3PS. The molecule has 0 bridgehead atoms. The topological polar surface area (TPSA) is 73.3 Å². The lowest BCUT2D eigenvalue weighted by Gasteiger charge is -2.10. The Labute approximate surface area is 92.5 Å². The van der Waals surface area contributed by atoms with Crippen molar-refractivity contribution < 1.29 is 13.6 Å². The normalized spacial score (nSPS) is 11.7. The first-order valence-electron chi connectivity index (χ1n) is 4.40. The van der Waals surface area contributed by atoms with Gasteiger partial charge in [0.2, 0.25) is 5.13 Å². The van der Waals surface area contributed by atoms with E-state index in [2.05, 4.69) is 15.5 Å². The number of aromatic nitrogens is 2.